The number of carbonyl (C=O) groups excluding carboxylic acids is 2. The third kappa shape index (κ3) is 4.67. The fourth-order valence-electron chi connectivity index (χ4n) is 2.93. The molecule has 2 aromatic rings. The number of hydrogen-bond donors (Lipinski definition) is 2. The molecular weight excluding hydrogens is 413 g/mol. The molecule has 0 radical (unpaired) electrons. The first-order chi connectivity index (χ1) is 14.0. The lowest BCUT2D eigenvalue weighted by Gasteiger charge is -2.41. The molecule has 160 valence electrons. The molecule has 2 N–H and O–H groups in total. The van der Waals surface area contributed by atoms with E-state index in [1.54, 1.807) is 0 Å². The quantitative estimate of drug-likeness (QED) is 0.440. The molecule has 30 heavy (non-hydrogen) atoms. The minimum atomic E-state index is -4.56. The van der Waals surface area contributed by atoms with Crippen molar-refractivity contribution in [2.45, 2.75) is 18.6 Å². The Balaban J connectivity index is 1.86. The highest BCUT2D eigenvalue weighted by molar-refractivity contribution is 5.94. The highest BCUT2D eigenvalue weighted by atomic mass is 19.4. The monoisotopic (exact) mass is 429 g/mol. The van der Waals surface area contributed by atoms with Crippen LogP contribution in [0.3, 0.4) is 0 Å². The predicted molar refractivity (Wildman–Crippen MR) is 95.2 cm³/mol. The number of halogens is 5. The van der Waals surface area contributed by atoms with E-state index in [-0.39, 0.29) is 17.8 Å². The molecule has 0 saturated carbocycles. The van der Waals surface area contributed by atoms with Crippen molar-refractivity contribution in [2.75, 3.05) is 18.0 Å². The highest BCUT2D eigenvalue weighted by Gasteiger charge is 2.47. The van der Waals surface area contributed by atoms with E-state index in [9.17, 15) is 31.5 Å². The second-order valence-corrected chi connectivity index (χ2v) is 6.76. The summed E-state index contributed by atoms with van der Waals surface area (Å²) in [7, 11) is 0. The molecule has 1 heterocycles. The number of carbonyl (C=O) groups is 2. The first-order valence-corrected chi connectivity index (χ1v) is 8.65. The summed E-state index contributed by atoms with van der Waals surface area (Å²) in [5.74, 6) is -3.75. The standard InChI is InChI=1S/C19H16F5N3O3/c20-18(21)10-26(11-18)17(29)27(15-7-5-14(6-8-15)19(22,23)24)9-12-1-3-13(4-2-12)16(28)25-30/h1-8,30H,9-11H2,(H,25,28). The molecule has 1 saturated heterocycles. The number of anilines is 1. The average Bonchev–Trinajstić information content (AvgIpc) is 2.69. The van der Waals surface area contributed by atoms with Crippen molar-refractivity contribution < 1.29 is 36.7 Å². The van der Waals surface area contributed by atoms with Crippen molar-refractivity contribution >= 4 is 17.6 Å². The zero-order valence-corrected chi connectivity index (χ0v) is 15.3. The first kappa shape index (κ1) is 21.5. The zero-order chi connectivity index (χ0) is 22.1. The van der Waals surface area contributed by atoms with Gasteiger partial charge in [0.05, 0.1) is 25.2 Å². The minimum absolute atomic E-state index is 0.0976. The predicted octanol–water partition coefficient (Wildman–Crippen LogP) is 3.90. The van der Waals surface area contributed by atoms with E-state index in [0.29, 0.717) is 5.56 Å². The lowest BCUT2D eigenvalue weighted by Crippen LogP contribution is -2.61. The van der Waals surface area contributed by atoms with E-state index in [1.165, 1.54) is 29.7 Å². The molecule has 1 fully saturated rings. The van der Waals surface area contributed by atoms with Crippen LogP contribution in [0.5, 0.6) is 0 Å². The highest BCUT2D eigenvalue weighted by Crippen LogP contribution is 2.33. The molecular formula is C19H16F5N3O3. The molecule has 1 aliphatic heterocycles. The Bertz CT molecular complexity index is 922. The third-order valence-corrected chi connectivity index (χ3v) is 4.51. The van der Waals surface area contributed by atoms with Gasteiger partial charge in [-0.2, -0.15) is 13.2 Å². The Morgan fingerprint density at radius 2 is 1.60 bits per heavy atom. The molecule has 0 spiro atoms. The Labute approximate surface area is 167 Å². The van der Waals surface area contributed by atoms with Crippen molar-refractivity contribution in [3.05, 3.63) is 65.2 Å². The molecule has 0 aromatic heterocycles. The van der Waals surface area contributed by atoms with E-state index < -0.39 is 42.7 Å². The van der Waals surface area contributed by atoms with Gasteiger partial charge in [-0.3, -0.25) is 14.9 Å². The van der Waals surface area contributed by atoms with Gasteiger partial charge in [0.1, 0.15) is 0 Å². The van der Waals surface area contributed by atoms with Gasteiger partial charge in [0, 0.05) is 11.3 Å². The summed E-state index contributed by atoms with van der Waals surface area (Å²) in [4.78, 5) is 26.1. The van der Waals surface area contributed by atoms with Gasteiger partial charge < -0.3 is 4.90 Å². The lowest BCUT2D eigenvalue weighted by molar-refractivity contribution is -0.137. The summed E-state index contributed by atoms with van der Waals surface area (Å²) in [5.41, 5.74) is 1.28. The van der Waals surface area contributed by atoms with Crippen molar-refractivity contribution in [3.8, 4) is 0 Å². The second-order valence-electron chi connectivity index (χ2n) is 6.76. The molecule has 0 unspecified atom stereocenters. The first-order valence-electron chi connectivity index (χ1n) is 8.65. The average molecular weight is 429 g/mol. The molecule has 2 aromatic carbocycles. The third-order valence-electron chi connectivity index (χ3n) is 4.51. The van der Waals surface area contributed by atoms with Crippen LogP contribution in [-0.2, 0) is 12.7 Å². The molecule has 6 nitrogen and oxygen atoms in total. The molecule has 0 atom stereocenters. The fraction of sp³-hybridized carbons (Fsp3) is 0.263. The van der Waals surface area contributed by atoms with Crippen molar-refractivity contribution in [1.82, 2.24) is 10.4 Å². The molecule has 1 aliphatic rings. The van der Waals surface area contributed by atoms with Crippen LogP contribution in [0.25, 0.3) is 0 Å². The van der Waals surface area contributed by atoms with Gasteiger partial charge in [0.25, 0.3) is 11.8 Å². The SMILES string of the molecule is O=C(NO)c1ccc(CN(C(=O)N2CC(F)(F)C2)c2ccc(C(F)(F)F)cc2)cc1. The van der Waals surface area contributed by atoms with E-state index in [0.717, 1.165) is 34.1 Å². The second kappa shape index (κ2) is 7.90. The number of benzene rings is 2. The molecule has 11 heteroatoms. The number of hydroxylamine groups is 1. The van der Waals surface area contributed by atoms with Crippen LogP contribution in [0.2, 0.25) is 0 Å². The van der Waals surface area contributed by atoms with Crippen LogP contribution in [0, 0.1) is 0 Å². The van der Waals surface area contributed by atoms with Crippen molar-refractivity contribution in [2.24, 2.45) is 0 Å². The molecule has 0 bridgehead atoms. The molecule has 3 amide bonds. The van der Waals surface area contributed by atoms with Gasteiger partial charge in [-0.05, 0) is 42.0 Å². The van der Waals surface area contributed by atoms with Gasteiger partial charge in [-0.25, -0.2) is 19.1 Å². The maximum absolute atomic E-state index is 13.2. The van der Waals surface area contributed by atoms with E-state index in [1.807, 2.05) is 0 Å². The van der Waals surface area contributed by atoms with Crippen LogP contribution >= 0.6 is 0 Å². The van der Waals surface area contributed by atoms with Crippen LogP contribution < -0.4 is 10.4 Å². The number of nitrogens with one attached hydrogen (secondary N) is 1. The summed E-state index contributed by atoms with van der Waals surface area (Å²) in [5, 5.41) is 8.64. The summed E-state index contributed by atoms with van der Waals surface area (Å²) < 4.78 is 64.8. The zero-order valence-electron chi connectivity index (χ0n) is 15.3. The van der Waals surface area contributed by atoms with Crippen LogP contribution in [0.4, 0.5) is 32.4 Å². The summed E-state index contributed by atoms with van der Waals surface area (Å²) in [6, 6.07) is 8.68. The van der Waals surface area contributed by atoms with Crippen molar-refractivity contribution in [3.63, 3.8) is 0 Å². The Hall–Kier alpha value is -3.21. The number of amides is 3. The van der Waals surface area contributed by atoms with E-state index in [4.69, 9.17) is 5.21 Å². The number of alkyl halides is 5. The molecule has 0 aliphatic carbocycles. The van der Waals surface area contributed by atoms with E-state index >= 15 is 0 Å². The summed E-state index contributed by atoms with van der Waals surface area (Å²) >= 11 is 0. The van der Waals surface area contributed by atoms with Crippen LogP contribution in [0.15, 0.2) is 48.5 Å². The number of urea groups is 1. The largest absolute Gasteiger partial charge is 0.416 e. The van der Waals surface area contributed by atoms with E-state index in [2.05, 4.69) is 0 Å². The van der Waals surface area contributed by atoms with Gasteiger partial charge in [-0.1, -0.05) is 12.1 Å². The number of likely N-dealkylation sites (tertiary alicyclic amines) is 1. The number of hydrogen-bond acceptors (Lipinski definition) is 3. The van der Waals surface area contributed by atoms with Crippen LogP contribution in [-0.4, -0.2) is 41.1 Å². The van der Waals surface area contributed by atoms with Gasteiger partial charge in [0.2, 0.25) is 0 Å². The minimum Gasteiger partial charge on any atom is -0.312 e. The van der Waals surface area contributed by atoms with Crippen LogP contribution in [0.1, 0.15) is 21.5 Å². The Kier molecular flexibility index (Phi) is 5.66. The number of rotatable bonds is 4. The Morgan fingerprint density at radius 3 is 2.07 bits per heavy atom. The topological polar surface area (TPSA) is 72.9 Å². The van der Waals surface area contributed by atoms with Gasteiger partial charge >= 0.3 is 12.2 Å². The number of nitrogens with zero attached hydrogens (tertiary/aromatic N) is 2. The normalized spacial score (nSPS) is 15.3. The van der Waals surface area contributed by atoms with Crippen molar-refractivity contribution in [1.29, 1.82) is 0 Å². The lowest BCUT2D eigenvalue weighted by atomic mass is 10.1. The summed E-state index contributed by atoms with van der Waals surface area (Å²) in [6.45, 7) is -1.69. The van der Waals surface area contributed by atoms with Gasteiger partial charge in [0.15, 0.2) is 0 Å². The fourth-order valence-corrected chi connectivity index (χ4v) is 2.93. The van der Waals surface area contributed by atoms with Gasteiger partial charge in [-0.15, -0.1) is 0 Å². The smallest absolute Gasteiger partial charge is 0.312 e. The molecule has 3 rings (SSSR count). The maximum atomic E-state index is 13.2. The summed E-state index contributed by atoms with van der Waals surface area (Å²) in [6.07, 6.45) is -4.56. The Morgan fingerprint density at radius 1 is 1.03 bits per heavy atom. The maximum Gasteiger partial charge on any atom is 0.416 e.